The highest BCUT2D eigenvalue weighted by molar-refractivity contribution is 7.90. The molecule has 0 aromatic rings. The number of carbonyl (C=O) groups is 16. The summed E-state index contributed by atoms with van der Waals surface area (Å²) < 4.78 is 252. The van der Waals surface area contributed by atoms with Crippen LogP contribution in [-0.4, -0.2) is 341 Å². The third-order valence-corrected chi connectivity index (χ3v) is 41.1. The Balaban J connectivity index is 0.000000147. The molecule has 800 valence electrons. The molecule has 0 spiro atoms. The Kier molecular flexibility index (Phi) is 32.2. The van der Waals surface area contributed by atoms with E-state index in [9.17, 15) is 148 Å². The number of aliphatic hydroxyl groups excluding tert-OH is 2. The zero-order chi connectivity index (χ0) is 107. The minimum absolute atomic E-state index is 0.0203. The Hall–Kier alpha value is -11.7. The van der Waals surface area contributed by atoms with E-state index in [1.807, 2.05) is 12.1 Å². The highest BCUT2D eigenvalue weighted by Crippen LogP contribution is 2.72. The van der Waals surface area contributed by atoms with Crippen molar-refractivity contribution in [3.63, 3.8) is 0 Å². The molecule has 146 heavy (non-hydrogen) atoms. The highest BCUT2D eigenvalue weighted by Gasteiger charge is 2.83. The van der Waals surface area contributed by atoms with Crippen LogP contribution < -0.4 is 0 Å². The number of esters is 15. The Morgan fingerprint density at radius 3 is 1.26 bits per heavy atom. The lowest BCUT2D eigenvalue weighted by atomic mass is 9.76. The number of fused-ring (bicyclic) bond motifs is 6. The van der Waals surface area contributed by atoms with Gasteiger partial charge in [0.25, 0.3) is 67.2 Å². The second kappa shape index (κ2) is 42.2. The van der Waals surface area contributed by atoms with Gasteiger partial charge < -0.3 is 86.0 Å². The molecule has 0 radical (unpaired) electrons. The van der Waals surface area contributed by atoms with Crippen molar-refractivity contribution < 1.29 is 238 Å². The summed E-state index contributed by atoms with van der Waals surface area (Å²) in [6.45, 7) is 15.8. The van der Waals surface area contributed by atoms with Gasteiger partial charge in [-0.2, -0.15) is 61.0 Å². The third kappa shape index (κ3) is 19.8. The van der Waals surface area contributed by atoms with Gasteiger partial charge in [-0.05, 0) is 70.6 Å². The number of carbonyl (C=O) groups excluding carboxylic acids is 16. The zero-order valence-corrected chi connectivity index (χ0v) is 82.2. The van der Waals surface area contributed by atoms with E-state index in [1.165, 1.54) is 14.0 Å². The number of hydrogen-bond donors (Lipinski definition) is 2. The first-order chi connectivity index (χ1) is 68.6. The number of aliphatic hydroxyl groups is 2. The molecule has 0 aromatic heterocycles. The lowest BCUT2D eigenvalue weighted by molar-refractivity contribution is -0.175. The van der Waals surface area contributed by atoms with Crippen LogP contribution in [0.2, 0.25) is 0 Å². The van der Waals surface area contributed by atoms with Gasteiger partial charge in [-0.25, -0.2) is 57.5 Å². The summed E-state index contributed by atoms with van der Waals surface area (Å²) in [7, 11) is -21.5. The van der Waals surface area contributed by atoms with E-state index in [2.05, 4.69) is 72.6 Å². The van der Waals surface area contributed by atoms with Crippen LogP contribution in [0.25, 0.3) is 0 Å². The molecular formula is C86H98N2O52S6. The molecule has 18 aliphatic rings. The van der Waals surface area contributed by atoms with Crippen LogP contribution in [0.1, 0.15) is 77.6 Å². The maximum absolute atomic E-state index is 12.6. The second-order valence-corrected chi connectivity index (χ2v) is 47.8. The lowest BCUT2D eigenvalue weighted by Gasteiger charge is -2.37. The standard InChI is InChI=1S/C18H22O11S.2C14H16O9S.C14H18O9S.2C13H13NO7S/c1-3-13(21)26-7-14(22)28-15-16-18(4-5-25-10-19)8-17(15,9-27-11(2)20)6-12(18)30(23,24)29-16;1-3-9(15)21-6-10(16)22-11-7-4-8-12(11)23-24(18,19)14(8,5-7)13(17)20-2;1-3-8(15)21-5-9(16)22-11-6-4-7-12(11)23-24(18,19)13(7)10(6)14(17)20-2;1-2-9(17)21-4-10(18)22-11-12-14(7-16)5-13(11,6-15)3-8(14)24(19,20)23-12;1-2-9(15)19-5-10(16)20-11-7-3-8-12(11)21-22(17,18)13(8,4-7)6-14;1-2-9(15)19-5-10(16)20-11-6-3-7-12(11)21-22(17,18)13(7)8(6)4-14/h3,10,12,15-16H,1,4-9H2,2H3;3,7-8,11-12H,1,4-6H2,2H3;3,6-7,10-13H,1,4-5H2,2H3;2,8,11-12,15-16H,1,3-7H2;2,7-8,11-12H,1,3-5H2;2,6-8,11-13H,1,3,5H2. The van der Waals surface area contributed by atoms with Crippen molar-refractivity contribution in [3.05, 3.63) is 75.9 Å². The number of methoxy groups -OCH3 is 2. The fraction of sp³-hybridized carbons (Fsp3) is 0.651. The Morgan fingerprint density at radius 1 is 0.425 bits per heavy atom. The normalized spacial score (nSPS) is 38.3. The first-order valence-corrected chi connectivity index (χ1v) is 53.2. The molecule has 12 aliphatic carbocycles. The van der Waals surface area contributed by atoms with E-state index in [4.69, 9.17) is 67.7 Å². The van der Waals surface area contributed by atoms with Gasteiger partial charge in [0.05, 0.1) is 68.5 Å². The number of rotatable bonds is 34. The summed E-state index contributed by atoms with van der Waals surface area (Å²) in [5, 5.41) is 34.4. The van der Waals surface area contributed by atoms with E-state index >= 15 is 0 Å². The van der Waals surface area contributed by atoms with Crippen molar-refractivity contribution in [1.29, 1.82) is 10.5 Å². The molecule has 12 bridgehead atoms. The molecule has 0 aromatic carbocycles. The summed E-state index contributed by atoms with van der Waals surface area (Å²) in [4.78, 5) is 183. The summed E-state index contributed by atoms with van der Waals surface area (Å²) >= 11 is 0. The molecule has 18 fully saturated rings. The maximum Gasteiger partial charge on any atom is 0.344 e. The Labute approximate surface area is 831 Å². The molecular weight excluding hydrogens is 2090 g/mol. The topological polar surface area (TPSA) is 769 Å². The van der Waals surface area contributed by atoms with Crippen molar-refractivity contribution >= 4 is 157 Å². The minimum Gasteiger partial charge on any atom is -0.469 e. The molecule has 2 N–H and O–H groups in total. The summed E-state index contributed by atoms with van der Waals surface area (Å²) in [6, 6.07) is 3.87. The SMILES string of the molecule is C=CC(=O)OCC(=O)OC1C2CC3C1OS(=O)(=O)C3(C#N)C2.C=CC(=O)OCC(=O)OC1C2CC3C1OS(=O)(=O)C3(C(=O)OC)C2.C=CC(=O)OCC(=O)OC1C2CC3C1OS(=O)(=O)C3C2C#N.C=CC(=O)OCC(=O)OC1C2CC3C1OS(=O)(=O)C3C2C(=O)OC.C=CC(=O)OCC(=O)OC1C2OS(=O)(=O)C3CC1(CO)CC23CO.C=CC(=O)OCC(=O)OC1C2OS(=O)(=O)C3CC1(COC(C)=O)CC23CCOC=O. The van der Waals surface area contributed by atoms with Gasteiger partial charge in [-0.1, -0.05) is 39.5 Å². The molecule has 32 atom stereocenters. The smallest absolute Gasteiger partial charge is 0.344 e. The van der Waals surface area contributed by atoms with Gasteiger partial charge in [0.15, 0.2) is 49.1 Å². The predicted octanol–water partition coefficient (Wildman–Crippen LogP) is -4.24. The molecule has 0 amide bonds. The largest absolute Gasteiger partial charge is 0.469 e. The van der Waals surface area contributed by atoms with E-state index in [1.54, 1.807) is 0 Å². The van der Waals surface area contributed by atoms with Crippen molar-refractivity contribution in [2.24, 2.45) is 80.8 Å². The molecule has 6 saturated heterocycles. The van der Waals surface area contributed by atoms with Crippen LogP contribution in [0, 0.1) is 104 Å². The van der Waals surface area contributed by atoms with Crippen molar-refractivity contribution in [2.45, 2.75) is 181 Å². The Morgan fingerprint density at radius 2 is 0.822 bits per heavy atom. The number of nitriles is 2. The number of hydrogen-bond acceptors (Lipinski definition) is 54. The predicted molar refractivity (Wildman–Crippen MR) is 463 cm³/mol. The van der Waals surface area contributed by atoms with E-state index in [0.29, 0.717) is 25.7 Å². The monoisotopic (exact) mass is 2180 g/mol. The maximum atomic E-state index is 12.6. The number of nitrogens with zero attached hydrogens (tertiary/aromatic N) is 2. The Bertz CT molecular complexity index is 6250. The summed E-state index contributed by atoms with van der Waals surface area (Å²) in [5.41, 5.74) is -4.06. The van der Waals surface area contributed by atoms with Gasteiger partial charge in [0, 0.05) is 112 Å². The molecule has 6 heterocycles. The highest BCUT2D eigenvalue weighted by atomic mass is 32.2. The molecule has 12 saturated carbocycles. The zero-order valence-electron chi connectivity index (χ0n) is 77.3. The lowest BCUT2D eigenvalue weighted by Crippen LogP contribution is -2.50. The fourth-order valence-corrected chi connectivity index (χ4v) is 36.7. The van der Waals surface area contributed by atoms with Crippen molar-refractivity contribution in [1.82, 2.24) is 0 Å². The van der Waals surface area contributed by atoms with Crippen molar-refractivity contribution in [2.75, 3.05) is 80.3 Å². The molecule has 6 aliphatic heterocycles. The fourth-order valence-electron chi connectivity index (χ4n) is 24.5. The molecule has 18 rings (SSSR count). The van der Waals surface area contributed by atoms with Crippen LogP contribution in [0.5, 0.6) is 0 Å². The summed E-state index contributed by atoms with van der Waals surface area (Å²) in [5.74, 6) is -16.9. The van der Waals surface area contributed by atoms with E-state index in [-0.39, 0.29) is 88.3 Å². The van der Waals surface area contributed by atoms with Crippen LogP contribution in [0.4, 0.5) is 0 Å². The molecule has 60 heteroatoms. The molecule has 54 nitrogen and oxygen atoms in total. The first kappa shape index (κ1) is 112. The minimum atomic E-state index is -4.17. The van der Waals surface area contributed by atoms with Gasteiger partial charge in [-0.3, -0.25) is 44.3 Å². The third-order valence-electron chi connectivity index (χ3n) is 30.0. The van der Waals surface area contributed by atoms with Crippen LogP contribution in [0.3, 0.4) is 0 Å². The number of ether oxygens (including phenoxy) is 16. The quantitative estimate of drug-likeness (QED) is 0.0154. The van der Waals surface area contributed by atoms with Gasteiger partial charge in [0.2, 0.25) is 0 Å². The van der Waals surface area contributed by atoms with Crippen LogP contribution >= 0.6 is 0 Å². The average Bonchev–Trinajstić information content (AvgIpc) is 1.52. The average molecular weight is 2180 g/mol. The van der Waals surface area contributed by atoms with Gasteiger partial charge in [-0.15, -0.1) is 0 Å². The van der Waals surface area contributed by atoms with Crippen LogP contribution in [0.15, 0.2) is 75.9 Å². The van der Waals surface area contributed by atoms with Crippen molar-refractivity contribution in [3.8, 4) is 12.1 Å². The summed E-state index contributed by atoms with van der Waals surface area (Å²) in [6.07, 6.45) is -2.94. The van der Waals surface area contributed by atoms with Crippen LogP contribution in [-0.2, 0) is 238 Å². The molecule has 32 unspecified atom stereocenters. The second-order valence-electron chi connectivity index (χ2n) is 37.2. The van der Waals surface area contributed by atoms with Gasteiger partial charge >= 0.3 is 89.5 Å². The van der Waals surface area contributed by atoms with E-state index < -0.39 is 364 Å². The van der Waals surface area contributed by atoms with Gasteiger partial charge in [0.1, 0.15) is 90.4 Å². The first-order valence-electron chi connectivity index (χ1n) is 44.5. The van der Waals surface area contributed by atoms with E-state index in [0.717, 1.165) is 43.6 Å².